The number of pyridine rings is 1. The van der Waals surface area contributed by atoms with Crippen LogP contribution >= 0.6 is 11.3 Å². The molecular formula is C26H25FN4O4S2. The van der Waals surface area contributed by atoms with Crippen LogP contribution in [0.15, 0.2) is 60.3 Å². The number of carbonyl (C=O) groups is 2. The highest BCUT2D eigenvalue weighted by Gasteiger charge is 2.37. The lowest BCUT2D eigenvalue weighted by Crippen LogP contribution is -2.41. The number of aromatic nitrogens is 2. The summed E-state index contributed by atoms with van der Waals surface area (Å²) < 4.78 is 41.0. The molecule has 2 amide bonds. The quantitative estimate of drug-likeness (QED) is 0.400. The number of sulfone groups is 1. The number of rotatable bonds is 9. The molecule has 2 N–H and O–H groups in total. The molecule has 3 aromatic rings. The van der Waals surface area contributed by atoms with Gasteiger partial charge in [-0.1, -0.05) is 24.3 Å². The fraction of sp³-hybridized carbons (Fsp3) is 0.308. The Hall–Kier alpha value is -3.44. The zero-order valence-corrected chi connectivity index (χ0v) is 21.4. The minimum atomic E-state index is -4.01. The molecule has 8 nitrogen and oxygen atoms in total. The lowest BCUT2D eigenvalue weighted by molar-refractivity contribution is -0.126. The number of fused-ring (bicyclic) bond motifs is 1. The number of halogens is 1. The number of carbonyl (C=O) groups excluding carboxylic acids is 2. The molecule has 192 valence electrons. The van der Waals surface area contributed by atoms with E-state index in [0.29, 0.717) is 21.4 Å². The van der Waals surface area contributed by atoms with Crippen molar-refractivity contribution in [1.82, 2.24) is 20.6 Å². The van der Waals surface area contributed by atoms with Gasteiger partial charge in [-0.05, 0) is 61.1 Å². The summed E-state index contributed by atoms with van der Waals surface area (Å²) in [7, 11) is -4.01. The first kappa shape index (κ1) is 25.2. The summed E-state index contributed by atoms with van der Waals surface area (Å²) >= 11 is 1.12. The average Bonchev–Trinajstić information content (AvgIpc) is 3.59. The zero-order valence-electron chi connectivity index (χ0n) is 19.8. The highest BCUT2D eigenvalue weighted by Crippen LogP contribution is 2.34. The maximum Gasteiger partial charge on any atom is 0.245 e. The summed E-state index contributed by atoms with van der Waals surface area (Å²) in [5.41, 5.74) is 2.55. The molecule has 11 heteroatoms. The lowest BCUT2D eigenvalue weighted by atomic mass is 10.1. The lowest BCUT2D eigenvalue weighted by Gasteiger charge is -2.17. The summed E-state index contributed by atoms with van der Waals surface area (Å²) in [6, 6.07) is 8.32. The van der Waals surface area contributed by atoms with Gasteiger partial charge in [0.2, 0.25) is 17.8 Å². The Morgan fingerprint density at radius 2 is 1.95 bits per heavy atom. The number of amides is 2. The van der Waals surface area contributed by atoms with Crippen LogP contribution in [0.25, 0.3) is 21.3 Å². The van der Waals surface area contributed by atoms with E-state index in [1.807, 2.05) is 18.2 Å². The molecule has 0 spiro atoms. The maximum absolute atomic E-state index is 13.6. The molecular weight excluding hydrogens is 515 g/mol. The van der Waals surface area contributed by atoms with E-state index < -0.39 is 26.9 Å². The second-order valence-corrected chi connectivity index (χ2v) is 12.3. The third-order valence-corrected chi connectivity index (χ3v) is 9.23. The van der Waals surface area contributed by atoms with Crippen LogP contribution in [0, 0.1) is 5.95 Å². The number of nitrogens with one attached hydrogen (secondary N) is 2. The third kappa shape index (κ3) is 6.11. The SMILES string of the molecule is O=C(CNC(=O)C(c1nc2cc(-c3ccc(F)nc3)ccc2s1)S(=O)(=O)CC1=CCCC=C1)NC1CC1. The standard InChI is InChI=1S/C26H25FN4O4S2/c27-22-11-7-18(13-28-22)17-6-10-21-20(12-17)31-26(36-21)24(25(33)29-14-23(32)30-19-8-9-19)37(34,35)15-16-4-2-1-3-5-16/h2,4-7,10-13,19,24H,1,3,8-9,14-15H2,(H,29,33)(H,30,32). The van der Waals surface area contributed by atoms with Gasteiger partial charge in [0.15, 0.2) is 15.1 Å². The molecule has 0 aliphatic heterocycles. The second kappa shape index (κ2) is 10.5. The second-order valence-electron chi connectivity index (χ2n) is 9.11. The topological polar surface area (TPSA) is 118 Å². The van der Waals surface area contributed by atoms with Gasteiger partial charge in [0.05, 0.1) is 22.5 Å². The Bertz CT molecular complexity index is 1510. The van der Waals surface area contributed by atoms with Crippen LogP contribution in [0.4, 0.5) is 4.39 Å². The molecule has 37 heavy (non-hydrogen) atoms. The van der Waals surface area contributed by atoms with E-state index in [1.54, 1.807) is 24.3 Å². The minimum Gasteiger partial charge on any atom is -0.352 e. The molecule has 1 fully saturated rings. The van der Waals surface area contributed by atoms with Crippen LogP contribution in [0.3, 0.4) is 0 Å². The van der Waals surface area contributed by atoms with Crippen molar-refractivity contribution in [1.29, 1.82) is 0 Å². The predicted octanol–water partition coefficient (Wildman–Crippen LogP) is 3.62. The smallest absolute Gasteiger partial charge is 0.245 e. The molecule has 0 radical (unpaired) electrons. The van der Waals surface area contributed by atoms with Gasteiger partial charge < -0.3 is 10.6 Å². The molecule has 1 unspecified atom stereocenters. The molecule has 5 rings (SSSR count). The van der Waals surface area contributed by atoms with Gasteiger partial charge in [-0.2, -0.15) is 4.39 Å². The van der Waals surface area contributed by atoms with Crippen LogP contribution in [0.1, 0.15) is 35.9 Å². The predicted molar refractivity (Wildman–Crippen MR) is 140 cm³/mol. The van der Waals surface area contributed by atoms with Gasteiger partial charge in [0, 0.05) is 17.8 Å². The summed E-state index contributed by atoms with van der Waals surface area (Å²) in [6.45, 7) is -0.309. The molecule has 0 saturated heterocycles. The maximum atomic E-state index is 13.6. The average molecular weight is 541 g/mol. The van der Waals surface area contributed by atoms with Gasteiger partial charge >= 0.3 is 0 Å². The van der Waals surface area contributed by atoms with Crippen molar-refractivity contribution in [3.63, 3.8) is 0 Å². The molecule has 0 bridgehead atoms. The van der Waals surface area contributed by atoms with Crippen molar-refractivity contribution < 1.29 is 22.4 Å². The Balaban J connectivity index is 1.45. The summed E-state index contributed by atoms with van der Waals surface area (Å²) in [6.07, 6.45) is 10.3. The van der Waals surface area contributed by atoms with Crippen molar-refractivity contribution in [2.45, 2.75) is 37.0 Å². The third-order valence-electron chi connectivity index (χ3n) is 6.09. The number of allylic oxidation sites excluding steroid dienone is 3. The van der Waals surface area contributed by atoms with Gasteiger partial charge in [0.1, 0.15) is 5.01 Å². The first-order chi connectivity index (χ1) is 17.8. The first-order valence-electron chi connectivity index (χ1n) is 11.9. The fourth-order valence-electron chi connectivity index (χ4n) is 4.07. The molecule has 2 aromatic heterocycles. The Morgan fingerprint density at radius 3 is 2.65 bits per heavy atom. The fourth-order valence-corrected chi connectivity index (χ4v) is 7.20. The van der Waals surface area contributed by atoms with E-state index in [0.717, 1.165) is 42.6 Å². The van der Waals surface area contributed by atoms with E-state index in [2.05, 4.69) is 20.6 Å². The summed E-state index contributed by atoms with van der Waals surface area (Å²) in [5, 5.41) is 3.84. The molecule has 2 aliphatic rings. The van der Waals surface area contributed by atoms with Gasteiger partial charge in [-0.15, -0.1) is 11.3 Å². The largest absolute Gasteiger partial charge is 0.352 e. The summed E-state index contributed by atoms with van der Waals surface area (Å²) in [4.78, 5) is 33.6. The van der Waals surface area contributed by atoms with Gasteiger partial charge in [0.25, 0.3) is 0 Å². The number of thiazole rings is 1. The Labute approximate surface area is 217 Å². The van der Waals surface area contributed by atoms with Crippen LogP contribution in [-0.4, -0.2) is 48.5 Å². The Kier molecular flexibility index (Phi) is 7.16. The van der Waals surface area contributed by atoms with Crippen LogP contribution in [-0.2, 0) is 19.4 Å². The summed E-state index contributed by atoms with van der Waals surface area (Å²) in [5.74, 6) is -2.04. The van der Waals surface area contributed by atoms with E-state index in [-0.39, 0.29) is 29.3 Å². The number of benzene rings is 1. The highest BCUT2D eigenvalue weighted by molar-refractivity contribution is 7.92. The van der Waals surface area contributed by atoms with E-state index in [1.165, 1.54) is 12.3 Å². The van der Waals surface area contributed by atoms with Crippen LogP contribution in [0.2, 0.25) is 0 Å². The van der Waals surface area contributed by atoms with Crippen molar-refractivity contribution >= 4 is 43.2 Å². The molecule has 2 heterocycles. The van der Waals surface area contributed by atoms with E-state index >= 15 is 0 Å². The number of hydrogen-bond acceptors (Lipinski definition) is 7. The number of hydrogen-bond donors (Lipinski definition) is 2. The zero-order chi connectivity index (χ0) is 26.0. The van der Waals surface area contributed by atoms with Crippen molar-refractivity contribution in [3.05, 3.63) is 71.3 Å². The van der Waals surface area contributed by atoms with Crippen molar-refractivity contribution in [2.24, 2.45) is 0 Å². The number of nitrogens with zero attached hydrogens (tertiary/aromatic N) is 2. The van der Waals surface area contributed by atoms with Gasteiger partial charge in [-0.25, -0.2) is 18.4 Å². The monoisotopic (exact) mass is 540 g/mol. The molecule has 1 atom stereocenters. The normalized spacial score (nSPS) is 16.3. The molecule has 1 saturated carbocycles. The molecule has 2 aliphatic carbocycles. The molecule has 1 aromatic carbocycles. The van der Waals surface area contributed by atoms with Crippen molar-refractivity contribution in [2.75, 3.05) is 12.3 Å². The van der Waals surface area contributed by atoms with Crippen LogP contribution in [0.5, 0.6) is 0 Å². The van der Waals surface area contributed by atoms with Crippen LogP contribution < -0.4 is 10.6 Å². The minimum absolute atomic E-state index is 0.128. The first-order valence-corrected chi connectivity index (χ1v) is 14.5. The highest BCUT2D eigenvalue weighted by atomic mass is 32.2. The van der Waals surface area contributed by atoms with Gasteiger partial charge in [-0.3, -0.25) is 9.59 Å². The Morgan fingerprint density at radius 1 is 1.14 bits per heavy atom. The van der Waals surface area contributed by atoms with E-state index in [4.69, 9.17) is 0 Å². The van der Waals surface area contributed by atoms with Crippen molar-refractivity contribution in [3.8, 4) is 11.1 Å². The van der Waals surface area contributed by atoms with E-state index in [9.17, 15) is 22.4 Å².